The van der Waals surface area contributed by atoms with Gasteiger partial charge in [0, 0.05) is 0 Å². The molecule has 1 aromatic carbocycles. The van der Waals surface area contributed by atoms with Crippen molar-refractivity contribution in [3.8, 4) is 11.5 Å². The molecule has 19 heavy (non-hydrogen) atoms. The van der Waals surface area contributed by atoms with Gasteiger partial charge in [0.25, 0.3) is 0 Å². The molecule has 1 aliphatic carbocycles. The van der Waals surface area contributed by atoms with Crippen LogP contribution in [-0.2, 0) is 0 Å². The molecule has 0 saturated heterocycles. The van der Waals surface area contributed by atoms with E-state index in [-0.39, 0.29) is 69.0 Å². The van der Waals surface area contributed by atoms with Crippen molar-refractivity contribution in [2.75, 3.05) is 7.11 Å². The van der Waals surface area contributed by atoms with Gasteiger partial charge in [0.15, 0.2) is 0 Å². The summed E-state index contributed by atoms with van der Waals surface area (Å²) < 4.78 is 49.2. The summed E-state index contributed by atoms with van der Waals surface area (Å²) in [7, 11) is 1.35. The first kappa shape index (κ1) is 17.4. The number of ether oxygens (including phenoxy) is 2. The smallest absolute Gasteiger partial charge is 0.497 e. The van der Waals surface area contributed by atoms with Crippen molar-refractivity contribution < 1.29 is 73.8 Å². The predicted octanol–water partition coefficient (Wildman–Crippen LogP) is 0.0750. The fraction of sp³-hybridized carbons (Fsp3) is 0.500. The third kappa shape index (κ3) is 4.67. The summed E-state index contributed by atoms with van der Waals surface area (Å²) >= 11 is 0. The summed E-state index contributed by atoms with van der Waals surface area (Å²) in [4.78, 5) is 0. The van der Waals surface area contributed by atoms with Crippen LogP contribution in [0.25, 0.3) is 0 Å². The number of benzene rings is 1. The van der Waals surface area contributed by atoms with E-state index in [0.29, 0.717) is 0 Å². The second-order valence-electron chi connectivity index (χ2n) is 4.50. The van der Waals surface area contributed by atoms with Crippen molar-refractivity contribution in [3.05, 3.63) is 18.2 Å². The Labute approximate surface area is 153 Å². The average Bonchev–Trinajstić information content (AvgIpc) is 2.81. The topological polar surface area (TPSA) is 18.5 Å². The molecular weight excluding hydrogens is 283 g/mol. The fourth-order valence-corrected chi connectivity index (χ4v) is 2.20. The second kappa shape index (κ2) is 7.36. The zero-order valence-corrected chi connectivity index (χ0v) is 14.3. The van der Waals surface area contributed by atoms with Gasteiger partial charge in [-0.25, -0.2) is 0 Å². The summed E-state index contributed by atoms with van der Waals surface area (Å²) in [5.41, 5.74) is -0.707. The van der Waals surface area contributed by atoms with Crippen LogP contribution in [0.5, 0.6) is 11.5 Å². The molecule has 1 aromatic rings. The Morgan fingerprint density at radius 3 is 2.32 bits per heavy atom. The van der Waals surface area contributed by atoms with Crippen LogP contribution >= 0.6 is 0 Å². The van der Waals surface area contributed by atoms with E-state index in [1.807, 2.05) is 0 Å². The Morgan fingerprint density at radius 1 is 1.16 bits per heavy atom. The molecule has 0 N–H and O–H groups in total. The number of hydrogen-bond acceptors (Lipinski definition) is 2. The van der Waals surface area contributed by atoms with Gasteiger partial charge >= 0.3 is 58.4 Å². The van der Waals surface area contributed by atoms with Crippen molar-refractivity contribution in [1.29, 1.82) is 0 Å². The molecule has 0 aromatic heterocycles. The summed E-state index contributed by atoms with van der Waals surface area (Å²) in [6.45, 7) is -5.09. The quantitative estimate of drug-likeness (QED) is 0.733. The van der Waals surface area contributed by atoms with Crippen LogP contribution in [0.2, 0.25) is 0 Å². The summed E-state index contributed by atoms with van der Waals surface area (Å²) in [6.07, 6.45) is 3.61. The monoisotopic (exact) mass is 298 g/mol. The molecule has 7 heteroatoms. The van der Waals surface area contributed by atoms with Crippen molar-refractivity contribution in [2.24, 2.45) is 0 Å². The number of methoxy groups -OCH3 is 1. The molecule has 2 nitrogen and oxygen atoms in total. The molecular formula is C12H15BF3KO2. The molecule has 0 unspecified atom stereocenters. The van der Waals surface area contributed by atoms with Crippen LogP contribution in [-0.4, -0.2) is 20.2 Å². The van der Waals surface area contributed by atoms with E-state index in [0.717, 1.165) is 31.7 Å². The van der Waals surface area contributed by atoms with Crippen molar-refractivity contribution >= 4 is 12.4 Å². The van der Waals surface area contributed by atoms with E-state index >= 15 is 0 Å². The molecule has 0 heterocycles. The van der Waals surface area contributed by atoms with E-state index in [1.54, 1.807) is 0 Å². The molecule has 0 spiro atoms. The van der Waals surface area contributed by atoms with Crippen molar-refractivity contribution in [1.82, 2.24) is 0 Å². The maximum Gasteiger partial charge on any atom is 1.00 e. The van der Waals surface area contributed by atoms with E-state index in [2.05, 4.69) is 0 Å². The second-order valence-corrected chi connectivity index (χ2v) is 4.50. The third-order valence-electron chi connectivity index (χ3n) is 3.17. The molecule has 0 atom stereocenters. The van der Waals surface area contributed by atoms with Crippen LogP contribution in [0.3, 0.4) is 0 Å². The van der Waals surface area contributed by atoms with Gasteiger partial charge in [-0.2, -0.15) is 0 Å². The molecule has 0 radical (unpaired) electrons. The zero-order chi connectivity index (χ0) is 13.2. The van der Waals surface area contributed by atoms with E-state index in [4.69, 9.17) is 9.47 Å². The number of hydrogen-bond donors (Lipinski definition) is 0. The Morgan fingerprint density at radius 2 is 1.79 bits per heavy atom. The SMILES string of the molecule is COc1ccc(OC2CCCC2)c([B-](F)(F)F)c1.[K+]. The van der Waals surface area contributed by atoms with E-state index in [9.17, 15) is 12.9 Å². The van der Waals surface area contributed by atoms with Crippen LogP contribution in [0.1, 0.15) is 25.7 Å². The van der Waals surface area contributed by atoms with Gasteiger partial charge in [0.05, 0.1) is 19.0 Å². The van der Waals surface area contributed by atoms with Gasteiger partial charge < -0.3 is 22.4 Å². The molecule has 0 aliphatic heterocycles. The summed E-state index contributed by atoms with van der Waals surface area (Å²) in [6, 6.07) is 3.85. The van der Waals surface area contributed by atoms with Gasteiger partial charge in [0.2, 0.25) is 0 Å². The van der Waals surface area contributed by atoms with Gasteiger partial charge in [-0.1, -0.05) is 5.46 Å². The van der Waals surface area contributed by atoms with Crippen molar-refractivity contribution in [3.63, 3.8) is 0 Å². The normalized spacial score (nSPS) is 16.0. The van der Waals surface area contributed by atoms with E-state index < -0.39 is 12.4 Å². The predicted molar refractivity (Wildman–Crippen MR) is 64.6 cm³/mol. The Kier molecular flexibility index (Phi) is 6.72. The van der Waals surface area contributed by atoms with Gasteiger partial charge in [0.1, 0.15) is 5.75 Å². The maximum atomic E-state index is 13.0. The zero-order valence-electron chi connectivity index (χ0n) is 11.2. The first-order valence-electron chi connectivity index (χ1n) is 6.05. The first-order valence-corrected chi connectivity index (χ1v) is 6.05. The minimum Gasteiger partial charge on any atom is -0.497 e. The van der Waals surface area contributed by atoms with Crippen LogP contribution in [0.4, 0.5) is 12.9 Å². The molecule has 1 saturated carbocycles. The van der Waals surface area contributed by atoms with Gasteiger partial charge in [-0.05, 0) is 43.9 Å². The fourth-order valence-electron chi connectivity index (χ4n) is 2.20. The number of rotatable bonds is 4. The maximum absolute atomic E-state index is 13.0. The third-order valence-corrected chi connectivity index (χ3v) is 3.17. The summed E-state index contributed by atoms with van der Waals surface area (Å²) in [5, 5.41) is 0. The van der Waals surface area contributed by atoms with Crippen LogP contribution in [0, 0.1) is 0 Å². The largest absolute Gasteiger partial charge is 1.00 e. The van der Waals surface area contributed by atoms with Crippen LogP contribution < -0.4 is 66.3 Å². The molecule has 0 amide bonds. The molecule has 100 valence electrons. The standard InChI is InChI=1S/C12H15BF3O2.K/c1-17-10-6-7-12(11(8-10)13(14,15)16)18-9-4-2-3-5-9;/h6-9H,2-5H2,1H3;/q-1;+1. The van der Waals surface area contributed by atoms with E-state index in [1.165, 1.54) is 19.2 Å². The molecule has 2 rings (SSSR count). The minimum absolute atomic E-state index is 0. The van der Waals surface area contributed by atoms with Gasteiger partial charge in [-0.15, -0.1) is 0 Å². The van der Waals surface area contributed by atoms with Crippen LogP contribution in [0.15, 0.2) is 18.2 Å². The van der Waals surface area contributed by atoms with Gasteiger partial charge in [-0.3, -0.25) is 0 Å². The Bertz CT molecular complexity index is 420. The Balaban J connectivity index is 0.00000180. The average molecular weight is 298 g/mol. The first-order chi connectivity index (χ1) is 8.50. The number of halogens is 3. The van der Waals surface area contributed by atoms with Crippen molar-refractivity contribution in [2.45, 2.75) is 31.8 Å². The minimum atomic E-state index is -5.09. The molecule has 1 fully saturated rings. The molecule has 0 bridgehead atoms. The Hall–Kier alpha value is 0.311. The molecule has 1 aliphatic rings. The summed E-state index contributed by atoms with van der Waals surface area (Å²) in [5.74, 6) is 0.123.